The van der Waals surface area contributed by atoms with E-state index in [4.69, 9.17) is 4.74 Å². The van der Waals surface area contributed by atoms with Crippen molar-refractivity contribution in [1.82, 2.24) is 10.0 Å². The number of amides is 1. The number of carbonyl (C=O) groups is 2. The molecule has 1 atom stereocenters. The van der Waals surface area contributed by atoms with Crippen LogP contribution in [0.3, 0.4) is 0 Å². The first-order valence-electron chi connectivity index (χ1n) is 7.96. The lowest BCUT2D eigenvalue weighted by atomic mass is 10.1. The number of carboxylic acids is 1. The molecule has 1 aromatic carbocycles. The molecule has 0 heterocycles. The molecule has 9 heteroatoms. The summed E-state index contributed by atoms with van der Waals surface area (Å²) in [5.74, 6) is -1.25. The summed E-state index contributed by atoms with van der Waals surface area (Å²) in [6.07, 6.45) is 2.39. The van der Waals surface area contributed by atoms with Crippen LogP contribution < -0.4 is 10.0 Å². The van der Waals surface area contributed by atoms with Crippen molar-refractivity contribution in [2.24, 2.45) is 5.92 Å². The van der Waals surface area contributed by atoms with Gasteiger partial charge in [0.05, 0.1) is 11.5 Å². The van der Waals surface area contributed by atoms with Crippen LogP contribution >= 0.6 is 0 Å². The number of hydrogen-bond donors (Lipinski definition) is 3. The smallest absolute Gasteiger partial charge is 0.326 e. The predicted molar refractivity (Wildman–Crippen MR) is 89.7 cm³/mol. The van der Waals surface area contributed by atoms with Crippen LogP contribution in [0.5, 0.6) is 0 Å². The van der Waals surface area contributed by atoms with Gasteiger partial charge in [-0.3, -0.25) is 4.79 Å². The molecule has 2 rings (SSSR count). The van der Waals surface area contributed by atoms with Crippen LogP contribution in [0, 0.1) is 5.92 Å². The van der Waals surface area contributed by atoms with E-state index in [1.54, 1.807) is 0 Å². The van der Waals surface area contributed by atoms with Crippen LogP contribution in [0.1, 0.15) is 29.6 Å². The Morgan fingerprint density at radius 2 is 1.92 bits per heavy atom. The molecular weight excluding hydrogens is 348 g/mol. The van der Waals surface area contributed by atoms with Crippen molar-refractivity contribution in [3.8, 4) is 0 Å². The quantitative estimate of drug-likeness (QED) is 0.518. The number of methoxy groups -OCH3 is 1. The zero-order valence-corrected chi connectivity index (χ0v) is 14.7. The van der Waals surface area contributed by atoms with Gasteiger partial charge in [-0.25, -0.2) is 17.9 Å². The Morgan fingerprint density at radius 3 is 2.44 bits per heavy atom. The molecule has 0 aromatic heterocycles. The zero-order chi connectivity index (χ0) is 18.4. The Morgan fingerprint density at radius 1 is 1.28 bits per heavy atom. The van der Waals surface area contributed by atoms with Crippen molar-refractivity contribution in [2.75, 3.05) is 20.3 Å². The molecule has 1 fully saturated rings. The number of aliphatic carboxylic acids is 1. The summed E-state index contributed by atoms with van der Waals surface area (Å²) >= 11 is 0. The molecule has 0 saturated heterocycles. The number of nitrogens with one attached hydrogen (secondary N) is 2. The maximum Gasteiger partial charge on any atom is 0.326 e. The topological polar surface area (TPSA) is 122 Å². The molecule has 0 spiro atoms. The fourth-order valence-corrected chi connectivity index (χ4v) is 3.31. The summed E-state index contributed by atoms with van der Waals surface area (Å²) in [5.41, 5.74) is 0.206. The summed E-state index contributed by atoms with van der Waals surface area (Å²) in [7, 11) is -2.21. The normalized spacial score (nSPS) is 15.6. The third kappa shape index (κ3) is 5.80. The molecule has 1 aromatic rings. The second kappa shape index (κ2) is 8.41. The first kappa shape index (κ1) is 19.4. The molecular formula is C16H22N2O6S. The van der Waals surface area contributed by atoms with E-state index >= 15 is 0 Å². The number of rotatable bonds is 10. The number of hydrogen-bond acceptors (Lipinski definition) is 5. The molecule has 1 amide bonds. The van der Waals surface area contributed by atoms with E-state index in [9.17, 15) is 23.1 Å². The maximum atomic E-state index is 12.2. The van der Waals surface area contributed by atoms with Gasteiger partial charge in [0.15, 0.2) is 0 Å². The Balaban J connectivity index is 2.00. The van der Waals surface area contributed by atoms with Crippen molar-refractivity contribution in [2.45, 2.75) is 30.2 Å². The van der Waals surface area contributed by atoms with Crippen molar-refractivity contribution in [3.05, 3.63) is 29.8 Å². The summed E-state index contributed by atoms with van der Waals surface area (Å²) < 4.78 is 31.2. The van der Waals surface area contributed by atoms with Crippen molar-refractivity contribution >= 4 is 21.9 Å². The SMILES string of the molecule is COCCNS(=O)(=O)c1ccc(C(=O)NC(CC2CC2)C(=O)O)cc1. The van der Waals surface area contributed by atoms with Gasteiger partial charge in [0.2, 0.25) is 10.0 Å². The number of sulfonamides is 1. The molecule has 0 radical (unpaired) electrons. The van der Waals surface area contributed by atoms with E-state index in [1.165, 1.54) is 31.4 Å². The van der Waals surface area contributed by atoms with Gasteiger partial charge in [-0.2, -0.15) is 0 Å². The summed E-state index contributed by atoms with van der Waals surface area (Å²) in [4.78, 5) is 23.4. The summed E-state index contributed by atoms with van der Waals surface area (Å²) in [6, 6.07) is 4.40. The highest BCUT2D eigenvalue weighted by Crippen LogP contribution is 2.33. The van der Waals surface area contributed by atoms with Gasteiger partial charge in [-0.15, -0.1) is 0 Å². The highest BCUT2D eigenvalue weighted by Gasteiger charge is 2.30. The summed E-state index contributed by atoms with van der Waals surface area (Å²) in [6.45, 7) is 0.389. The van der Waals surface area contributed by atoms with Crippen LogP contribution in [0.15, 0.2) is 29.2 Å². The summed E-state index contributed by atoms with van der Waals surface area (Å²) in [5, 5.41) is 11.7. The monoisotopic (exact) mass is 370 g/mol. The molecule has 8 nitrogen and oxygen atoms in total. The highest BCUT2D eigenvalue weighted by atomic mass is 32.2. The minimum atomic E-state index is -3.67. The van der Waals surface area contributed by atoms with Gasteiger partial charge in [-0.1, -0.05) is 12.8 Å². The van der Waals surface area contributed by atoms with E-state index in [1.807, 2.05) is 0 Å². The second-order valence-electron chi connectivity index (χ2n) is 5.96. The van der Waals surface area contributed by atoms with E-state index in [0.717, 1.165) is 12.8 Å². The van der Waals surface area contributed by atoms with Gasteiger partial charge in [0, 0.05) is 19.2 Å². The van der Waals surface area contributed by atoms with E-state index in [-0.39, 0.29) is 23.6 Å². The molecule has 1 unspecified atom stereocenters. The van der Waals surface area contributed by atoms with Crippen molar-refractivity contribution in [3.63, 3.8) is 0 Å². The van der Waals surface area contributed by atoms with Crippen LogP contribution in [-0.4, -0.2) is 51.7 Å². The average molecular weight is 370 g/mol. The number of ether oxygens (including phenoxy) is 1. The Bertz CT molecular complexity index is 713. The molecule has 3 N–H and O–H groups in total. The molecule has 138 valence electrons. The fraction of sp³-hybridized carbons (Fsp3) is 0.500. The molecule has 1 aliphatic carbocycles. The fourth-order valence-electron chi connectivity index (χ4n) is 2.30. The Labute approximate surface area is 146 Å². The Kier molecular flexibility index (Phi) is 6.51. The largest absolute Gasteiger partial charge is 0.480 e. The molecule has 0 aliphatic heterocycles. The third-order valence-corrected chi connectivity index (χ3v) is 5.37. The molecule has 1 saturated carbocycles. The minimum absolute atomic E-state index is 0.0212. The predicted octanol–water partition coefficient (Wildman–Crippen LogP) is 0.594. The van der Waals surface area contributed by atoms with Gasteiger partial charge < -0.3 is 15.2 Å². The Hall–Kier alpha value is -1.97. The highest BCUT2D eigenvalue weighted by molar-refractivity contribution is 7.89. The number of carbonyl (C=O) groups excluding carboxylic acids is 1. The van der Waals surface area contributed by atoms with Gasteiger partial charge in [0.25, 0.3) is 5.91 Å². The zero-order valence-electron chi connectivity index (χ0n) is 13.9. The van der Waals surface area contributed by atoms with E-state index < -0.39 is 27.9 Å². The lowest BCUT2D eigenvalue weighted by molar-refractivity contribution is -0.139. The van der Waals surface area contributed by atoms with Gasteiger partial charge in [-0.05, 0) is 36.6 Å². The molecule has 25 heavy (non-hydrogen) atoms. The van der Waals surface area contributed by atoms with Crippen LogP contribution in [0.25, 0.3) is 0 Å². The lowest BCUT2D eigenvalue weighted by Crippen LogP contribution is -2.41. The van der Waals surface area contributed by atoms with Crippen LogP contribution in [0.4, 0.5) is 0 Å². The average Bonchev–Trinajstić information content (AvgIpc) is 3.38. The van der Waals surface area contributed by atoms with Gasteiger partial charge in [0.1, 0.15) is 6.04 Å². The van der Waals surface area contributed by atoms with Crippen molar-refractivity contribution in [1.29, 1.82) is 0 Å². The first-order chi connectivity index (χ1) is 11.8. The third-order valence-electron chi connectivity index (χ3n) is 3.89. The molecule has 1 aliphatic rings. The minimum Gasteiger partial charge on any atom is -0.480 e. The standard InChI is InChI=1S/C16H22N2O6S/c1-24-9-8-17-25(22,23)13-6-4-12(5-7-13)15(19)18-14(16(20)21)10-11-2-3-11/h4-7,11,14,17H,2-3,8-10H2,1H3,(H,18,19)(H,20,21). The van der Waals surface area contributed by atoms with E-state index in [0.29, 0.717) is 12.3 Å². The van der Waals surface area contributed by atoms with Crippen molar-refractivity contribution < 1.29 is 27.9 Å². The lowest BCUT2D eigenvalue weighted by Gasteiger charge is -2.14. The van der Waals surface area contributed by atoms with Crippen LogP contribution in [0.2, 0.25) is 0 Å². The van der Waals surface area contributed by atoms with Gasteiger partial charge >= 0.3 is 5.97 Å². The number of carboxylic acid groups (broad SMARTS) is 1. The van der Waals surface area contributed by atoms with E-state index in [2.05, 4.69) is 10.0 Å². The maximum absolute atomic E-state index is 12.2. The number of benzene rings is 1. The molecule has 0 bridgehead atoms. The first-order valence-corrected chi connectivity index (χ1v) is 9.44. The second-order valence-corrected chi connectivity index (χ2v) is 7.73. The van der Waals surface area contributed by atoms with Crippen LogP contribution in [-0.2, 0) is 19.6 Å².